The summed E-state index contributed by atoms with van der Waals surface area (Å²) in [4.78, 5) is 10.5. The molecule has 0 saturated heterocycles. The smallest absolute Gasteiger partial charge is 0.408 e. The quantitative estimate of drug-likeness (QED) is 0.483. The minimum atomic E-state index is -0.451. The van der Waals surface area contributed by atoms with Gasteiger partial charge in [0, 0.05) is 0 Å². The second-order valence-electron chi connectivity index (χ2n) is 2.27. The van der Waals surface area contributed by atoms with Crippen molar-refractivity contribution >= 4 is 6.09 Å². The first-order valence-corrected chi connectivity index (χ1v) is 2.81. The third-order valence-electron chi connectivity index (χ3n) is 1.33. The van der Waals surface area contributed by atoms with Gasteiger partial charge in [-0.2, -0.15) is 0 Å². The molecule has 1 aliphatic carbocycles. The fourth-order valence-electron chi connectivity index (χ4n) is 0.514. The van der Waals surface area contributed by atoms with Crippen LogP contribution >= 0.6 is 0 Å². The number of carbonyl (C=O) groups is 1. The molecule has 4 heteroatoms. The minimum Gasteiger partial charge on any atom is -0.453 e. The van der Waals surface area contributed by atoms with Crippen LogP contribution < -0.4 is 11.1 Å². The lowest BCUT2D eigenvalue weighted by Crippen LogP contribution is -2.43. The van der Waals surface area contributed by atoms with Gasteiger partial charge in [0.1, 0.15) is 0 Å². The van der Waals surface area contributed by atoms with E-state index < -0.39 is 11.8 Å². The van der Waals surface area contributed by atoms with Crippen molar-refractivity contribution < 1.29 is 9.53 Å². The molecule has 0 radical (unpaired) electrons. The van der Waals surface area contributed by atoms with Gasteiger partial charge in [-0.25, -0.2) is 4.79 Å². The van der Waals surface area contributed by atoms with E-state index in [1.807, 2.05) is 0 Å². The monoisotopic (exact) mass is 130 g/mol. The van der Waals surface area contributed by atoms with Gasteiger partial charge in [-0.3, -0.25) is 0 Å². The normalized spacial score (nSPS) is 20.7. The van der Waals surface area contributed by atoms with Crippen LogP contribution in [0.5, 0.6) is 0 Å². The van der Waals surface area contributed by atoms with Crippen molar-refractivity contribution in [2.75, 3.05) is 7.11 Å². The van der Waals surface area contributed by atoms with Gasteiger partial charge in [-0.05, 0) is 12.8 Å². The maximum atomic E-state index is 10.5. The van der Waals surface area contributed by atoms with Gasteiger partial charge in [-0.15, -0.1) is 0 Å². The number of amides is 1. The minimum absolute atomic E-state index is 0.449. The van der Waals surface area contributed by atoms with E-state index in [-0.39, 0.29) is 0 Å². The predicted octanol–water partition coefficient (Wildman–Crippen LogP) is -0.209. The number of nitrogens with one attached hydrogen (secondary N) is 1. The fourth-order valence-corrected chi connectivity index (χ4v) is 0.514. The molecule has 0 aromatic rings. The van der Waals surface area contributed by atoms with Crippen molar-refractivity contribution in [3.05, 3.63) is 0 Å². The first kappa shape index (κ1) is 6.35. The summed E-state index contributed by atoms with van der Waals surface area (Å²) < 4.78 is 4.34. The van der Waals surface area contributed by atoms with Crippen molar-refractivity contribution in [2.24, 2.45) is 5.73 Å². The van der Waals surface area contributed by atoms with Crippen LogP contribution in [0.4, 0.5) is 4.79 Å². The molecule has 52 valence electrons. The summed E-state index contributed by atoms with van der Waals surface area (Å²) in [5.41, 5.74) is 5.06. The average Bonchev–Trinajstić information content (AvgIpc) is 2.48. The van der Waals surface area contributed by atoms with Gasteiger partial charge in [-0.1, -0.05) is 0 Å². The van der Waals surface area contributed by atoms with Gasteiger partial charge in [0.25, 0.3) is 0 Å². The van der Waals surface area contributed by atoms with Crippen LogP contribution in [0.15, 0.2) is 0 Å². The van der Waals surface area contributed by atoms with Gasteiger partial charge >= 0.3 is 6.09 Å². The summed E-state index contributed by atoms with van der Waals surface area (Å²) in [5, 5.41) is 2.50. The summed E-state index contributed by atoms with van der Waals surface area (Å²) in [6.45, 7) is 0. The molecule has 0 atom stereocenters. The Labute approximate surface area is 53.4 Å². The van der Waals surface area contributed by atoms with Crippen molar-refractivity contribution in [1.82, 2.24) is 5.32 Å². The molecule has 1 rings (SSSR count). The molecule has 0 spiro atoms. The molecule has 1 amide bonds. The van der Waals surface area contributed by atoms with Crippen molar-refractivity contribution in [3.8, 4) is 0 Å². The van der Waals surface area contributed by atoms with Crippen LogP contribution in [-0.2, 0) is 4.74 Å². The molecule has 1 aliphatic rings. The van der Waals surface area contributed by atoms with E-state index in [1.165, 1.54) is 7.11 Å². The zero-order valence-electron chi connectivity index (χ0n) is 5.31. The Hall–Kier alpha value is -0.770. The van der Waals surface area contributed by atoms with Gasteiger partial charge in [0.05, 0.1) is 12.8 Å². The molecule has 0 bridgehead atoms. The molecular formula is C5H10N2O2. The van der Waals surface area contributed by atoms with Crippen LogP contribution in [0.25, 0.3) is 0 Å². The van der Waals surface area contributed by atoms with E-state index in [4.69, 9.17) is 5.73 Å². The van der Waals surface area contributed by atoms with Crippen molar-refractivity contribution in [2.45, 2.75) is 18.5 Å². The van der Waals surface area contributed by atoms with Gasteiger partial charge < -0.3 is 15.8 Å². The summed E-state index contributed by atoms with van der Waals surface area (Å²) in [5.74, 6) is 0. The van der Waals surface area contributed by atoms with E-state index in [2.05, 4.69) is 10.1 Å². The summed E-state index contributed by atoms with van der Waals surface area (Å²) >= 11 is 0. The molecule has 0 unspecified atom stereocenters. The third-order valence-corrected chi connectivity index (χ3v) is 1.33. The lowest BCUT2D eigenvalue weighted by Gasteiger charge is -2.08. The Balaban J connectivity index is 2.25. The molecule has 1 fully saturated rings. The largest absolute Gasteiger partial charge is 0.453 e. The standard InChI is InChI=1S/C5H10N2O2/c1-9-4(8)7-5(6)2-3-5/h2-3,6H2,1H3,(H,7,8). The topological polar surface area (TPSA) is 64.3 Å². The first-order valence-electron chi connectivity index (χ1n) is 2.81. The lowest BCUT2D eigenvalue weighted by molar-refractivity contribution is 0.165. The second kappa shape index (κ2) is 1.88. The SMILES string of the molecule is COC(=O)NC1(N)CC1. The maximum absolute atomic E-state index is 10.5. The highest BCUT2D eigenvalue weighted by atomic mass is 16.5. The number of ether oxygens (including phenoxy) is 1. The predicted molar refractivity (Wildman–Crippen MR) is 31.7 cm³/mol. The van der Waals surface area contributed by atoms with Crippen LogP contribution in [0, 0.1) is 0 Å². The number of nitrogens with two attached hydrogens (primary N) is 1. The number of hydrogen-bond acceptors (Lipinski definition) is 3. The number of hydrogen-bond donors (Lipinski definition) is 2. The molecule has 3 N–H and O–H groups in total. The van der Waals surface area contributed by atoms with Crippen molar-refractivity contribution in [3.63, 3.8) is 0 Å². The number of carbonyl (C=O) groups excluding carboxylic acids is 1. The Bertz CT molecular complexity index is 131. The Morgan fingerprint density at radius 1 is 1.78 bits per heavy atom. The Kier molecular flexibility index (Phi) is 1.32. The summed E-state index contributed by atoms with van der Waals surface area (Å²) in [6.07, 6.45) is 1.25. The van der Waals surface area contributed by atoms with Crippen LogP contribution in [0.2, 0.25) is 0 Å². The maximum Gasteiger partial charge on any atom is 0.408 e. The van der Waals surface area contributed by atoms with E-state index in [9.17, 15) is 4.79 Å². The Morgan fingerprint density at radius 3 is 2.67 bits per heavy atom. The average molecular weight is 130 g/mol. The second-order valence-corrected chi connectivity index (χ2v) is 2.27. The zero-order chi connectivity index (χ0) is 6.91. The number of rotatable bonds is 1. The van der Waals surface area contributed by atoms with E-state index in [0.29, 0.717) is 0 Å². The molecule has 1 saturated carbocycles. The molecule has 0 aromatic heterocycles. The third kappa shape index (κ3) is 1.57. The highest BCUT2D eigenvalue weighted by molar-refractivity contribution is 5.68. The lowest BCUT2D eigenvalue weighted by atomic mass is 10.5. The van der Waals surface area contributed by atoms with Crippen LogP contribution in [0.3, 0.4) is 0 Å². The summed E-state index contributed by atoms with van der Waals surface area (Å²) in [7, 11) is 1.32. The molecule has 0 aromatic carbocycles. The molecule has 9 heavy (non-hydrogen) atoms. The van der Waals surface area contributed by atoms with E-state index in [0.717, 1.165) is 12.8 Å². The highest BCUT2D eigenvalue weighted by Crippen LogP contribution is 2.28. The van der Waals surface area contributed by atoms with E-state index in [1.54, 1.807) is 0 Å². The summed E-state index contributed by atoms with van der Waals surface area (Å²) in [6, 6.07) is 0. The van der Waals surface area contributed by atoms with Crippen LogP contribution in [0.1, 0.15) is 12.8 Å². The molecule has 0 heterocycles. The number of alkyl carbamates (subject to hydrolysis) is 1. The first-order chi connectivity index (χ1) is 4.16. The molecule has 0 aliphatic heterocycles. The van der Waals surface area contributed by atoms with Gasteiger partial charge in [0.15, 0.2) is 0 Å². The Morgan fingerprint density at radius 2 is 2.33 bits per heavy atom. The molecular weight excluding hydrogens is 120 g/mol. The fraction of sp³-hybridized carbons (Fsp3) is 0.800. The van der Waals surface area contributed by atoms with Crippen molar-refractivity contribution in [1.29, 1.82) is 0 Å². The molecule has 4 nitrogen and oxygen atoms in total. The number of methoxy groups -OCH3 is 1. The zero-order valence-corrected chi connectivity index (χ0v) is 5.31. The van der Waals surface area contributed by atoms with E-state index >= 15 is 0 Å². The highest BCUT2D eigenvalue weighted by Gasteiger charge is 2.40. The van der Waals surface area contributed by atoms with Gasteiger partial charge in [0.2, 0.25) is 0 Å². The van der Waals surface area contributed by atoms with Crippen LogP contribution in [-0.4, -0.2) is 18.9 Å².